The number of rotatable bonds is 6. The largest absolute Gasteiger partial charge is 0.387 e. The lowest BCUT2D eigenvalue weighted by Crippen LogP contribution is -2.05. The summed E-state index contributed by atoms with van der Waals surface area (Å²) in [6.45, 7) is 12.5. The molecular formula is C16H28N2. The van der Waals surface area contributed by atoms with Crippen LogP contribution < -0.4 is 5.73 Å². The van der Waals surface area contributed by atoms with Crippen molar-refractivity contribution in [3.63, 3.8) is 0 Å². The molecule has 0 aliphatic rings. The van der Waals surface area contributed by atoms with E-state index in [9.17, 15) is 0 Å². The zero-order valence-electron chi connectivity index (χ0n) is 12.8. The molecule has 2 nitrogen and oxygen atoms in total. The predicted octanol–water partition coefficient (Wildman–Crippen LogP) is 4.74. The first kappa shape index (κ1) is 16.7. The van der Waals surface area contributed by atoms with Crippen molar-refractivity contribution in [2.75, 3.05) is 0 Å². The number of unbranched alkanes of at least 4 members (excludes halogenated alkanes) is 1. The molecule has 0 bridgehead atoms. The van der Waals surface area contributed by atoms with E-state index in [1.54, 1.807) is 0 Å². The lowest BCUT2D eigenvalue weighted by Gasteiger charge is -2.10. The van der Waals surface area contributed by atoms with Crippen molar-refractivity contribution >= 4 is 5.84 Å². The number of hydrogen-bond donors (Lipinski definition) is 1. The van der Waals surface area contributed by atoms with Crippen LogP contribution in [0.25, 0.3) is 0 Å². The van der Waals surface area contributed by atoms with Crippen molar-refractivity contribution in [3.05, 3.63) is 34.6 Å². The van der Waals surface area contributed by atoms with E-state index in [1.807, 2.05) is 13.8 Å². The molecule has 102 valence electrons. The van der Waals surface area contributed by atoms with Gasteiger partial charge in [0, 0.05) is 5.70 Å². The van der Waals surface area contributed by atoms with E-state index in [2.05, 4.69) is 44.8 Å². The number of nitrogens with zero attached hydrogens (tertiary/aromatic N) is 1. The molecule has 0 saturated carbocycles. The fraction of sp³-hybridized carbons (Fsp3) is 0.562. The molecule has 0 spiro atoms. The fourth-order valence-electron chi connectivity index (χ4n) is 1.70. The van der Waals surface area contributed by atoms with Crippen molar-refractivity contribution in [1.82, 2.24) is 0 Å². The van der Waals surface area contributed by atoms with Gasteiger partial charge in [0.25, 0.3) is 0 Å². The van der Waals surface area contributed by atoms with Crippen LogP contribution in [-0.2, 0) is 0 Å². The number of aliphatic imine (C=N–C) groups is 1. The number of nitrogens with two attached hydrogens (primary N) is 1. The second-order valence-electron chi connectivity index (χ2n) is 4.70. The van der Waals surface area contributed by atoms with Crippen LogP contribution in [0, 0.1) is 0 Å². The molecule has 0 aromatic rings. The Morgan fingerprint density at radius 2 is 1.72 bits per heavy atom. The monoisotopic (exact) mass is 248 g/mol. The SMILES string of the molecule is CCC\C=C/C(=C(\C)N=C(C)N)C(/C)=C(\C)CC. The molecule has 0 aromatic heterocycles. The van der Waals surface area contributed by atoms with Crippen LogP contribution in [0.1, 0.15) is 60.8 Å². The van der Waals surface area contributed by atoms with E-state index in [0.29, 0.717) is 5.84 Å². The molecule has 0 fully saturated rings. The second-order valence-corrected chi connectivity index (χ2v) is 4.70. The molecule has 0 unspecified atom stereocenters. The van der Waals surface area contributed by atoms with Gasteiger partial charge >= 0.3 is 0 Å². The highest BCUT2D eigenvalue weighted by Gasteiger charge is 2.04. The fourth-order valence-corrected chi connectivity index (χ4v) is 1.70. The van der Waals surface area contributed by atoms with Crippen LogP contribution >= 0.6 is 0 Å². The van der Waals surface area contributed by atoms with Crippen LogP contribution in [-0.4, -0.2) is 5.84 Å². The first-order chi connectivity index (χ1) is 8.43. The van der Waals surface area contributed by atoms with Crippen molar-refractivity contribution in [2.45, 2.75) is 60.8 Å². The van der Waals surface area contributed by atoms with E-state index < -0.39 is 0 Å². The molecule has 0 heterocycles. The molecule has 0 aliphatic heterocycles. The standard InChI is InChI=1S/C16H28N2/c1-7-9-10-11-16(13(4)12(3)8-2)14(5)18-15(6)17/h10-11H,7-9H2,1-6H3,(H2,17,18)/b11-10-,13-12+,16-14-. The first-order valence-electron chi connectivity index (χ1n) is 6.78. The number of amidine groups is 1. The van der Waals surface area contributed by atoms with Crippen LogP contribution in [0.4, 0.5) is 0 Å². The minimum absolute atomic E-state index is 0.607. The molecule has 0 amide bonds. The lowest BCUT2D eigenvalue weighted by atomic mass is 9.98. The van der Waals surface area contributed by atoms with E-state index in [4.69, 9.17) is 5.73 Å². The normalized spacial score (nSPS) is 15.8. The third kappa shape index (κ3) is 5.85. The molecule has 2 N–H and O–H groups in total. The summed E-state index contributed by atoms with van der Waals surface area (Å²) in [5.74, 6) is 0.607. The molecule has 0 aromatic carbocycles. The first-order valence-corrected chi connectivity index (χ1v) is 6.78. The Morgan fingerprint density at radius 1 is 1.11 bits per heavy atom. The van der Waals surface area contributed by atoms with Gasteiger partial charge in [0.05, 0.1) is 5.84 Å². The van der Waals surface area contributed by atoms with Crippen LogP contribution in [0.2, 0.25) is 0 Å². The summed E-state index contributed by atoms with van der Waals surface area (Å²) in [5, 5.41) is 0. The number of allylic oxidation sites excluding steroid dienone is 6. The molecule has 0 saturated heterocycles. The van der Waals surface area contributed by atoms with Crippen molar-refractivity contribution < 1.29 is 0 Å². The third-order valence-corrected chi connectivity index (χ3v) is 3.05. The summed E-state index contributed by atoms with van der Waals surface area (Å²) < 4.78 is 0. The smallest absolute Gasteiger partial charge is 0.0961 e. The summed E-state index contributed by atoms with van der Waals surface area (Å²) in [6, 6.07) is 0. The minimum Gasteiger partial charge on any atom is -0.387 e. The van der Waals surface area contributed by atoms with Gasteiger partial charge in [-0.3, -0.25) is 0 Å². The zero-order valence-corrected chi connectivity index (χ0v) is 12.8. The Bertz CT molecular complexity index is 378. The molecular weight excluding hydrogens is 220 g/mol. The summed E-state index contributed by atoms with van der Waals surface area (Å²) >= 11 is 0. The maximum absolute atomic E-state index is 5.67. The highest BCUT2D eigenvalue weighted by atomic mass is 14.8. The molecule has 2 heteroatoms. The quantitative estimate of drug-likeness (QED) is 0.411. The average Bonchev–Trinajstić information content (AvgIpc) is 2.31. The van der Waals surface area contributed by atoms with Crippen molar-refractivity contribution in [3.8, 4) is 0 Å². The molecule has 18 heavy (non-hydrogen) atoms. The predicted molar refractivity (Wildman–Crippen MR) is 82.7 cm³/mol. The van der Waals surface area contributed by atoms with E-state index in [0.717, 1.165) is 25.0 Å². The van der Waals surface area contributed by atoms with Crippen molar-refractivity contribution in [1.29, 1.82) is 0 Å². The minimum atomic E-state index is 0.607. The third-order valence-electron chi connectivity index (χ3n) is 3.05. The van der Waals surface area contributed by atoms with Gasteiger partial charge in [-0.15, -0.1) is 0 Å². The van der Waals surface area contributed by atoms with Gasteiger partial charge < -0.3 is 5.73 Å². The van der Waals surface area contributed by atoms with E-state index in [1.165, 1.54) is 16.7 Å². The molecule has 0 radical (unpaired) electrons. The van der Waals surface area contributed by atoms with Gasteiger partial charge in [-0.1, -0.05) is 38.0 Å². The Labute approximate surface area is 112 Å². The summed E-state index contributed by atoms with van der Waals surface area (Å²) in [6.07, 6.45) is 7.72. The van der Waals surface area contributed by atoms with E-state index >= 15 is 0 Å². The number of hydrogen-bond acceptors (Lipinski definition) is 1. The van der Waals surface area contributed by atoms with Gasteiger partial charge in [0.1, 0.15) is 0 Å². The summed E-state index contributed by atoms with van der Waals surface area (Å²) in [4.78, 5) is 4.38. The topological polar surface area (TPSA) is 38.4 Å². The van der Waals surface area contributed by atoms with Crippen LogP contribution in [0.3, 0.4) is 0 Å². The Morgan fingerprint density at radius 3 is 2.17 bits per heavy atom. The second kappa shape index (κ2) is 8.73. The Balaban J connectivity index is 5.51. The maximum Gasteiger partial charge on any atom is 0.0961 e. The van der Waals surface area contributed by atoms with Crippen LogP contribution in [0.15, 0.2) is 39.6 Å². The maximum atomic E-state index is 5.67. The molecule has 0 atom stereocenters. The van der Waals surface area contributed by atoms with Gasteiger partial charge in [-0.2, -0.15) is 0 Å². The van der Waals surface area contributed by atoms with Gasteiger partial charge in [-0.25, -0.2) is 4.99 Å². The zero-order chi connectivity index (χ0) is 14.1. The average molecular weight is 248 g/mol. The van der Waals surface area contributed by atoms with E-state index in [-0.39, 0.29) is 0 Å². The Hall–Kier alpha value is -1.31. The summed E-state index contributed by atoms with van der Waals surface area (Å²) in [7, 11) is 0. The van der Waals surface area contributed by atoms with Crippen molar-refractivity contribution in [2.24, 2.45) is 10.7 Å². The van der Waals surface area contributed by atoms with Gasteiger partial charge in [-0.05, 0) is 51.7 Å². The van der Waals surface area contributed by atoms with Gasteiger partial charge in [0.2, 0.25) is 0 Å². The van der Waals surface area contributed by atoms with Crippen LogP contribution in [0.5, 0.6) is 0 Å². The summed E-state index contributed by atoms with van der Waals surface area (Å²) in [5.41, 5.74) is 10.6. The Kier molecular flexibility index (Phi) is 8.10. The molecule has 0 aliphatic carbocycles. The lowest BCUT2D eigenvalue weighted by molar-refractivity contribution is 0.956. The highest BCUT2D eigenvalue weighted by Crippen LogP contribution is 2.22. The molecule has 0 rings (SSSR count). The van der Waals surface area contributed by atoms with Gasteiger partial charge in [0.15, 0.2) is 0 Å². The highest BCUT2D eigenvalue weighted by molar-refractivity contribution is 5.78.